The molecule has 0 radical (unpaired) electrons. The minimum Gasteiger partial charge on any atom is -0.432 e. The first-order chi connectivity index (χ1) is 14.0. The van der Waals surface area contributed by atoms with Gasteiger partial charge in [0.2, 0.25) is 0 Å². The van der Waals surface area contributed by atoms with Crippen LogP contribution in [0.1, 0.15) is 76.2 Å². The zero-order valence-corrected chi connectivity index (χ0v) is 17.2. The van der Waals surface area contributed by atoms with Crippen molar-refractivity contribution in [1.82, 2.24) is 0 Å². The molecule has 2 aliphatic carbocycles. The van der Waals surface area contributed by atoms with Crippen LogP contribution >= 0.6 is 0 Å². The summed E-state index contributed by atoms with van der Waals surface area (Å²) in [6.45, 7) is -0.743. The van der Waals surface area contributed by atoms with Gasteiger partial charge in [-0.3, -0.25) is 0 Å². The number of hydrogen-bond donors (Lipinski definition) is 0. The molecule has 0 spiro atoms. The lowest BCUT2D eigenvalue weighted by Gasteiger charge is -2.42. The van der Waals surface area contributed by atoms with Crippen molar-refractivity contribution in [3.63, 3.8) is 0 Å². The highest BCUT2D eigenvalue weighted by Crippen LogP contribution is 2.48. The van der Waals surface area contributed by atoms with Crippen LogP contribution in [0.2, 0.25) is 0 Å². The monoisotopic (exact) mass is 404 g/mol. The number of ether oxygens (including phenoxy) is 1. The van der Waals surface area contributed by atoms with Crippen LogP contribution in [0.5, 0.6) is 5.75 Å². The molecule has 158 valence electrons. The number of rotatable bonds is 6. The van der Waals surface area contributed by atoms with Gasteiger partial charge >= 0.3 is 6.61 Å². The van der Waals surface area contributed by atoms with Gasteiger partial charge in [0.25, 0.3) is 0 Å². The average molecular weight is 405 g/mol. The van der Waals surface area contributed by atoms with Gasteiger partial charge in [0, 0.05) is 0 Å². The van der Waals surface area contributed by atoms with Gasteiger partial charge in [-0.25, -0.2) is 4.39 Å². The molecule has 0 N–H and O–H groups in total. The van der Waals surface area contributed by atoms with Gasteiger partial charge in [-0.2, -0.15) is 8.78 Å². The van der Waals surface area contributed by atoms with Gasteiger partial charge in [-0.1, -0.05) is 50.8 Å². The van der Waals surface area contributed by atoms with Gasteiger partial charge in [0.15, 0.2) is 11.6 Å². The van der Waals surface area contributed by atoms with Crippen molar-refractivity contribution in [2.75, 3.05) is 0 Å². The Bertz CT molecular complexity index is 834. The van der Waals surface area contributed by atoms with Gasteiger partial charge < -0.3 is 4.74 Å². The first-order valence-electron chi connectivity index (χ1n) is 11.2. The lowest BCUT2D eigenvalue weighted by molar-refractivity contribution is -0.0520. The van der Waals surface area contributed by atoms with E-state index < -0.39 is 12.4 Å². The Kier molecular flexibility index (Phi) is 6.36. The second-order valence-corrected chi connectivity index (χ2v) is 9.12. The average Bonchev–Trinajstić information content (AvgIpc) is 2.71. The molecule has 0 aromatic heterocycles. The van der Waals surface area contributed by atoms with E-state index in [1.165, 1.54) is 75.5 Å². The molecule has 4 atom stereocenters. The Morgan fingerprint density at radius 3 is 2.55 bits per heavy atom. The molecule has 2 saturated carbocycles. The van der Waals surface area contributed by atoms with E-state index in [1.54, 1.807) is 0 Å². The van der Waals surface area contributed by atoms with Crippen LogP contribution in [0.15, 0.2) is 30.3 Å². The molecule has 29 heavy (non-hydrogen) atoms. The molecular weight excluding hydrogens is 373 g/mol. The van der Waals surface area contributed by atoms with Crippen LogP contribution < -0.4 is 4.74 Å². The first kappa shape index (κ1) is 20.6. The number of alkyl halides is 2. The van der Waals surface area contributed by atoms with Crippen LogP contribution in [-0.4, -0.2) is 6.61 Å². The van der Waals surface area contributed by atoms with E-state index in [9.17, 15) is 13.2 Å². The summed E-state index contributed by atoms with van der Waals surface area (Å²) in [6.07, 6.45) is 11.9. The second-order valence-electron chi connectivity index (χ2n) is 9.12. The Labute approximate surface area is 171 Å². The lowest BCUT2D eigenvalue weighted by Crippen LogP contribution is -2.30. The summed E-state index contributed by atoms with van der Waals surface area (Å²) in [7, 11) is 0. The summed E-state index contributed by atoms with van der Waals surface area (Å²) in [6, 6.07) is 8.74. The number of hydrogen-bond acceptors (Lipinski definition) is 1. The highest BCUT2D eigenvalue weighted by Gasteiger charge is 2.35. The highest BCUT2D eigenvalue weighted by molar-refractivity contribution is 5.84. The van der Waals surface area contributed by atoms with Crippen molar-refractivity contribution < 1.29 is 17.9 Å². The summed E-state index contributed by atoms with van der Waals surface area (Å²) >= 11 is 0. The van der Waals surface area contributed by atoms with Gasteiger partial charge in [-0.15, -0.1) is 0 Å². The smallest absolute Gasteiger partial charge is 0.387 e. The fourth-order valence-electron chi connectivity index (χ4n) is 5.75. The molecule has 2 aliphatic rings. The largest absolute Gasteiger partial charge is 0.432 e. The molecule has 2 fully saturated rings. The Balaban J connectivity index is 1.45. The van der Waals surface area contributed by atoms with Crippen LogP contribution in [0, 0.1) is 23.6 Å². The summed E-state index contributed by atoms with van der Waals surface area (Å²) in [5.41, 5.74) is 1.26. The van der Waals surface area contributed by atoms with E-state index >= 15 is 0 Å². The quantitative estimate of drug-likeness (QED) is 0.473. The molecule has 2 aromatic carbocycles. The Hall–Kier alpha value is -1.71. The van der Waals surface area contributed by atoms with E-state index in [-0.39, 0.29) is 5.75 Å². The molecule has 4 rings (SSSR count). The van der Waals surface area contributed by atoms with E-state index in [4.69, 9.17) is 0 Å². The van der Waals surface area contributed by atoms with Crippen molar-refractivity contribution in [2.45, 2.75) is 77.2 Å². The van der Waals surface area contributed by atoms with Crippen molar-refractivity contribution in [3.8, 4) is 5.75 Å². The normalized spacial score (nSPS) is 27.2. The molecule has 0 aliphatic heterocycles. The minimum absolute atomic E-state index is 0.388. The van der Waals surface area contributed by atoms with Gasteiger partial charge in [0.05, 0.1) is 0 Å². The van der Waals surface area contributed by atoms with E-state index in [0.717, 1.165) is 28.5 Å². The maximum Gasteiger partial charge on any atom is 0.387 e. The predicted octanol–water partition coefficient (Wildman–Crippen LogP) is 8.07. The molecule has 4 unspecified atom stereocenters. The van der Waals surface area contributed by atoms with Crippen LogP contribution in [0.4, 0.5) is 13.2 Å². The number of benzene rings is 2. The number of halogens is 3. The molecule has 2 aromatic rings. The molecular formula is C25H31F3O. The lowest BCUT2D eigenvalue weighted by atomic mass is 9.63. The molecule has 0 amide bonds. The van der Waals surface area contributed by atoms with Crippen LogP contribution in [0.25, 0.3) is 10.8 Å². The molecule has 1 nitrogen and oxygen atoms in total. The summed E-state index contributed by atoms with van der Waals surface area (Å²) in [4.78, 5) is 0. The summed E-state index contributed by atoms with van der Waals surface area (Å²) in [5, 5.41) is 1.49. The van der Waals surface area contributed by atoms with Crippen LogP contribution in [0.3, 0.4) is 0 Å². The van der Waals surface area contributed by atoms with Gasteiger partial charge in [0.1, 0.15) is 0 Å². The Morgan fingerprint density at radius 1 is 0.966 bits per heavy atom. The fraction of sp³-hybridized carbons (Fsp3) is 0.600. The third-order valence-electron chi connectivity index (χ3n) is 7.29. The summed E-state index contributed by atoms with van der Waals surface area (Å²) in [5.74, 6) is 2.04. The predicted molar refractivity (Wildman–Crippen MR) is 111 cm³/mol. The topological polar surface area (TPSA) is 9.23 Å². The Morgan fingerprint density at radius 2 is 1.76 bits per heavy atom. The second kappa shape index (κ2) is 8.97. The third-order valence-corrected chi connectivity index (χ3v) is 7.29. The van der Waals surface area contributed by atoms with E-state index in [2.05, 4.69) is 17.7 Å². The molecule has 0 bridgehead atoms. The fourth-order valence-corrected chi connectivity index (χ4v) is 5.75. The highest BCUT2D eigenvalue weighted by atomic mass is 19.3. The number of fused-ring (bicyclic) bond motifs is 2. The molecule has 4 heteroatoms. The SMILES string of the molecule is CCCCC1CCC2CC(c3ccc4cc(OC(F)F)c(F)cc4c3)CCC2C1. The maximum atomic E-state index is 14.1. The van der Waals surface area contributed by atoms with Crippen molar-refractivity contribution in [3.05, 3.63) is 41.7 Å². The maximum absolute atomic E-state index is 14.1. The zero-order valence-electron chi connectivity index (χ0n) is 17.2. The number of unbranched alkanes of at least 4 members (excludes halogenated alkanes) is 1. The molecule has 0 heterocycles. The molecule has 0 saturated heterocycles. The first-order valence-corrected chi connectivity index (χ1v) is 11.2. The van der Waals surface area contributed by atoms with Gasteiger partial charge in [-0.05, 0) is 84.2 Å². The van der Waals surface area contributed by atoms with Crippen LogP contribution in [-0.2, 0) is 0 Å². The zero-order chi connectivity index (χ0) is 20.4. The standard InChI is InChI=1S/C25H31F3O/c1-2-3-4-16-5-6-18-12-19(8-7-17(18)11-16)20-9-10-21-15-24(29-25(27)28)23(26)14-22(21)13-20/h9-10,13-19,25H,2-8,11-12H2,1H3. The van der Waals surface area contributed by atoms with Crippen molar-refractivity contribution in [1.29, 1.82) is 0 Å². The third kappa shape index (κ3) is 4.73. The van der Waals surface area contributed by atoms with Crippen molar-refractivity contribution in [2.24, 2.45) is 17.8 Å². The van der Waals surface area contributed by atoms with E-state index in [0.29, 0.717) is 5.92 Å². The van der Waals surface area contributed by atoms with E-state index in [1.807, 2.05) is 12.1 Å². The minimum atomic E-state index is -3.02. The summed E-state index contributed by atoms with van der Waals surface area (Å²) < 4.78 is 43.3. The van der Waals surface area contributed by atoms with Crippen molar-refractivity contribution >= 4 is 10.8 Å².